The van der Waals surface area contributed by atoms with E-state index in [0.717, 1.165) is 31.2 Å². The van der Waals surface area contributed by atoms with Crippen molar-refractivity contribution in [2.24, 2.45) is 5.73 Å². The van der Waals surface area contributed by atoms with Crippen LogP contribution in [0.1, 0.15) is 31.2 Å². The molecular weight excluding hydrogens is 364 g/mol. The van der Waals surface area contributed by atoms with Crippen molar-refractivity contribution in [1.82, 2.24) is 4.72 Å². The molecule has 0 saturated heterocycles. The molecule has 2 rings (SSSR count). The van der Waals surface area contributed by atoms with Crippen molar-refractivity contribution in [2.75, 3.05) is 0 Å². The van der Waals surface area contributed by atoms with Crippen LogP contribution in [0.2, 0.25) is 0 Å². The molecule has 3 N–H and O–H groups in total. The second-order valence-corrected chi connectivity index (χ2v) is 7.65. The number of halogens is 2. The number of aryl methyl sites for hydroxylation is 1. The largest absolute Gasteiger partial charge is 0.326 e. The van der Waals surface area contributed by atoms with E-state index in [1.165, 1.54) is 0 Å². The number of hydrogen-bond acceptors (Lipinski definition) is 3. The maximum absolute atomic E-state index is 12.4. The summed E-state index contributed by atoms with van der Waals surface area (Å²) in [5.74, 6) is 0. The van der Waals surface area contributed by atoms with E-state index in [4.69, 9.17) is 5.73 Å². The molecule has 0 spiro atoms. The molecule has 0 amide bonds. The smallest absolute Gasteiger partial charge is 0.241 e. The molecule has 1 aromatic rings. The highest BCUT2D eigenvalue weighted by Gasteiger charge is 2.28. The zero-order valence-corrected chi connectivity index (χ0v) is 14.5. The number of rotatable bonds is 3. The third-order valence-electron chi connectivity index (χ3n) is 3.50. The van der Waals surface area contributed by atoms with E-state index in [0.29, 0.717) is 4.47 Å². The molecule has 1 aliphatic rings. The predicted octanol–water partition coefficient (Wildman–Crippen LogP) is 2.73. The minimum Gasteiger partial charge on any atom is -0.326 e. The van der Waals surface area contributed by atoms with Gasteiger partial charge in [0, 0.05) is 16.6 Å². The molecule has 114 valence electrons. The maximum Gasteiger partial charge on any atom is 0.241 e. The lowest BCUT2D eigenvalue weighted by molar-refractivity contribution is 0.361. The van der Waals surface area contributed by atoms with Crippen molar-refractivity contribution in [1.29, 1.82) is 0 Å². The Kier molecular flexibility index (Phi) is 6.47. The fourth-order valence-corrected chi connectivity index (χ4v) is 4.91. The first-order valence-electron chi connectivity index (χ1n) is 6.44. The number of benzene rings is 1. The van der Waals surface area contributed by atoms with Gasteiger partial charge in [-0.3, -0.25) is 0 Å². The summed E-state index contributed by atoms with van der Waals surface area (Å²) in [5.41, 5.74) is 7.00. The minimum atomic E-state index is -3.52. The predicted molar refractivity (Wildman–Crippen MR) is 86.7 cm³/mol. The van der Waals surface area contributed by atoms with Crippen LogP contribution in [0.15, 0.2) is 27.6 Å². The van der Waals surface area contributed by atoms with Crippen molar-refractivity contribution < 1.29 is 8.42 Å². The lowest BCUT2D eigenvalue weighted by atomic mass is 9.92. The topological polar surface area (TPSA) is 72.2 Å². The molecule has 0 heterocycles. The Morgan fingerprint density at radius 2 is 1.95 bits per heavy atom. The molecule has 1 aliphatic carbocycles. The Hall–Kier alpha value is -0.140. The Balaban J connectivity index is 0.00000200. The van der Waals surface area contributed by atoms with E-state index in [1.54, 1.807) is 18.2 Å². The normalized spacial score (nSPS) is 23.1. The molecule has 0 bridgehead atoms. The number of nitrogens with two attached hydrogens (primary N) is 1. The van der Waals surface area contributed by atoms with E-state index in [2.05, 4.69) is 20.7 Å². The van der Waals surface area contributed by atoms with E-state index in [1.807, 2.05) is 6.92 Å². The summed E-state index contributed by atoms with van der Waals surface area (Å²) >= 11 is 3.31. The van der Waals surface area contributed by atoms with Gasteiger partial charge in [-0.2, -0.15) is 0 Å². The van der Waals surface area contributed by atoms with Crippen molar-refractivity contribution in [3.05, 3.63) is 28.2 Å². The number of sulfonamides is 1. The van der Waals surface area contributed by atoms with E-state index < -0.39 is 10.0 Å². The van der Waals surface area contributed by atoms with Crippen LogP contribution in [-0.4, -0.2) is 20.5 Å². The third-order valence-corrected chi connectivity index (χ3v) is 5.97. The van der Waals surface area contributed by atoms with Crippen molar-refractivity contribution >= 4 is 38.4 Å². The van der Waals surface area contributed by atoms with Crippen LogP contribution in [0.5, 0.6) is 0 Å². The van der Waals surface area contributed by atoms with Gasteiger partial charge in [0.2, 0.25) is 10.0 Å². The monoisotopic (exact) mass is 382 g/mol. The Bertz CT molecular complexity index is 565. The summed E-state index contributed by atoms with van der Waals surface area (Å²) in [6.07, 6.45) is 3.79. The van der Waals surface area contributed by atoms with Crippen LogP contribution in [0.3, 0.4) is 0 Å². The van der Waals surface area contributed by atoms with Gasteiger partial charge < -0.3 is 5.73 Å². The molecule has 20 heavy (non-hydrogen) atoms. The molecule has 7 heteroatoms. The number of hydrogen-bond donors (Lipinski definition) is 2. The molecular formula is C13H20BrClN2O2S. The molecule has 1 saturated carbocycles. The number of nitrogens with one attached hydrogen (secondary N) is 1. The van der Waals surface area contributed by atoms with Crippen LogP contribution >= 0.6 is 28.3 Å². The van der Waals surface area contributed by atoms with E-state index in [-0.39, 0.29) is 29.4 Å². The Morgan fingerprint density at radius 3 is 2.55 bits per heavy atom. The van der Waals surface area contributed by atoms with Crippen molar-refractivity contribution in [3.8, 4) is 0 Å². The third kappa shape index (κ3) is 4.18. The molecule has 0 radical (unpaired) electrons. The SMILES string of the molecule is Cc1ccc(S(=O)(=O)N[C@@H]2CCCC[C@H]2N)c(Br)c1.Cl. The van der Waals surface area contributed by atoms with Crippen LogP contribution < -0.4 is 10.5 Å². The fraction of sp³-hybridized carbons (Fsp3) is 0.538. The van der Waals surface area contributed by atoms with Crippen molar-refractivity contribution in [2.45, 2.75) is 49.6 Å². The first-order valence-corrected chi connectivity index (χ1v) is 8.72. The fourth-order valence-electron chi connectivity index (χ4n) is 2.39. The maximum atomic E-state index is 12.4. The van der Waals surface area contributed by atoms with Gasteiger partial charge in [-0.15, -0.1) is 12.4 Å². The molecule has 0 unspecified atom stereocenters. The minimum absolute atomic E-state index is 0. The van der Waals surface area contributed by atoms with Crippen molar-refractivity contribution in [3.63, 3.8) is 0 Å². The summed E-state index contributed by atoms with van der Waals surface area (Å²) in [4.78, 5) is 0.274. The highest BCUT2D eigenvalue weighted by atomic mass is 79.9. The molecule has 1 aromatic carbocycles. The summed E-state index contributed by atoms with van der Waals surface area (Å²) in [6.45, 7) is 1.92. The standard InChI is InChI=1S/C13H19BrN2O2S.ClH/c1-9-6-7-13(10(14)8-9)19(17,18)16-12-5-3-2-4-11(12)15;/h6-8,11-12,16H,2-5,15H2,1H3;1H/t11-,12-;/m1./s1. The molecule has 2 atom stereocenters. The van der Waals surface area contributed by atoms with Gasteiger partial charge in [-0.25, -0.2) is 13.1 Å². The summed E-state index contributed by atoms with van der Waals surface area (Å²) in [6, 6.07) is 4.96. The molecule has 1 fully saturated rings. The summed E-state index contributed by atoms with van der Waals surface area (Å²) < 4.78 is 28.1. The lowest BCUT2D eigenvalue weighted by Gasteiger charge is -2.29. The average molecular weight is 384 g/mol. The van der Waals surface area contributed by atoms with Gasteiger partial charge in [0.05, 0.1) is 4.90 Å². The lowest BCUT2D eigenvalue weighted by Crippen LogP contribution is -2.49. The van der Waals surface area contributed by atoms with Gasteiger partial charge in [-0.05, 0) is 53.4 Å². The highest BCUT2D eigenvalue weighted by Crippen LogP contribution is 2.25. The Morgan fingerprint density at radius 1 is 1.30 bits per heavy atom. The first-order chi connectivity index (χ1) is 8.90. The van der Waals surface area contributed by atoms with Crippen LogP contribution in [-0.2, 0) is 10.0 Å². The first kappa shape index (κ1) is 17.9. The Labute approximate surface area is 135 Å². The zero-order valence-electron chi connectivity index (χ0n) is 11.3. The van der Waals surface area contributed by atoms with Gasteiger partial charge in [-0.1, -0.05) is 18.9 Å². The summed E-state index contributed by atoms with van der Waals surface area (Å²) in [5, 5.41) is 0. The van der Waals surface area contributed by atoms with Crippen LogP contribution in [0.4, 0.5) is 0 Å². The average Bonchev–Trinajstić information content (AvgIpc) is 2.31. The van der Waals surface area contributed by atoms with Gasteiger partial charge in [0.25, 0.3) is 0 Å². The molecule has 0 aromatic heterocycles. The van der Waals surface area contributed by atoms with Crippen LogP contribution in [0.25, 0.3) is 0 Å². The molecule has 4 nitrogen and oxygen atoms in total. The van der Waals surface area contributed by atoms with Crippen LogP contribution in [0, 0.1) is 6.92 Å². The highest BCUT2D eigenvalue weighted by molar-refractivity contribution is 9.10. The van der Waals surface area contributed by atoms with Gasteiger partial charge >= 0.3 is 0 Å². The van der Waals surface area contributed by atoms with Gasteiger partial charge in [0.1, 0.15) is 0 Å². The molecule has 0 aliphatic heterocycles. The van der Waals surface area contributed by atoms with E-state index >= 15 is 0 Å². The second kappa shape index (κ2) is 7.22. The summed E-state index contributed by atoms with van der Waals surface area (Å²) in [7, 11) is -3.52. The van der Waals surface area contributed by atoms with E-state index in [9.17, 15) is 8.42 Å². The second-order valence-electron chi connectivity index (χ2n) is 5.11. The quantitative estimate of drug-likeness (QED) is 0.843. The van der Waals surface area contributed by atoms with Gasteiger partial charge in [0.15, 0.2) is 0 Å². The zero-order chi connectivity index (χ0) is 14.0.